The maximum atomic E-state index is 13.6. The molecule has 1 aliphatic rings. The minimum Gasteiger partial charge on any atom is -0.437 e. The molecule has 1 fully saturated rings. The zero-order valence-electron chi connectivity index (χ0n) is 22.3. The van der Waals surface area contributed by atoms with Gasteiger partial charge in [0.2, 0.25) is 5.71 Å². The highest BCUT2D eigenvalue weighted by atomic mass is 19.4. The smallest absolute Gasteiger partial charge is 0.408 e. The Morgan fingerprint density at radius 1 is 0.977 bits per heavy atom. The zero-order valence-corrected chi connectivity index (χ0v) is 22.3. The van der Waals surface area contributed by atoms with Gasteiger partial charge in [-0.1, -0.05) is 12.1 Å². The van der Waals surface area contributed by atoms with E-state index in [1.54, 1.807) is 0 Å². The summed E-state index contributed by atoms with van der Waals surface area (Å²) in [5.41, 5.74) is 0.0221. The minimum absolute atomic E-state index is 0.0116. The Morgan fingerprint density at radius 3 is 2.28 bits per heavy atom. The van der Waals surface area contributed by atoms with Crippen molar-refractivity contribution < 1.29 is 44.7 Å². The number of hydrogen-bond acceptors (Lipinski definition) is 5. The fourth-order valence-corrected chi connectivity index (χ4v) is 4.67. The number of amides is 2. The van der Waals surface area contributed by atoms with Crippen molar-refractivity contribution in [3.05, 3.63) is 71.5 Å². The van der Waals surface area contributed by atoms with Gasteiger partial charge in [-0.2, -0.15) is 31.3 Å². The van der Waals surface area contributed by atoms with E-state index in [1.165, 1.54) is 49.5 Å². The van der Waals surface area contributed by atoms with Gasteiger partial charge in [-0.05, 0) is 66.8 Å². The predicted octanol–water partition coefficient (Wildman–Crippen LogP) is 6.71. The van der Waals surface area contributed by atoms with Crippen LogP contribution < -0.4 is 16.0 Å². The molecule has 2 amide bonds. The zero-order chi connectivity index (χ0) is 31.1. The molecule has 7 nitrogen and oxygen atoms in total. The number of halogens is 7. The molecular weight excluding hydrogens is 585 g/mol. The summed E-state index contributed by atoms with van der Waals surface area (Å²) in [5.74, 6) is -3.26. The number of nitrogens with zero attached hydrogens (tertiary/aromatic N) is 1. The monoisotopic (exact) mass is 608 g/mol. The van der Waals surface area contributed by atoms with Crippen LogP contribution in [0.2, 0.25) is 0 Å². The number of anilines is 1. The first kappa shape index (κ1) is 29.9. The largest absolute Gasteiger partial charge is 0.437 e. The third-order valence-corrected chi connectivity index (χ3v) is 6.87. The van der Waals surface area contributed by atoms with Crippen molar-refractivity contribution >= 4 is 28.7 Å². The lowest BCUT2D eigenvalue weighted by Crippen LogP contribution is -2.46. The average Bonchev–Trinajstić information content (AvgIpc) is 3.72. The fraction of sp³-hybridized carbons (Fsp3) is 0.276. The Labute approximate surface area is 239 Å². The van der Waals surface area contributed by atoms with Crippen molar-refractivity contribution in [1.82, 2.24) is 15.6 Å². The van der Waals surface area contributed by atoms with Gasteiger partial charge in [0.1, 0.15) is 30.0 Å². The standard InChI is InChI=1S/C29H23F7N4O3/c1-37-26(42)21-20-12-19(16-3-2-4-17(11-16)25(41)39-23(15-5-6-15)29(34,35)36)24(38-13-28(31,32)33)40-27(20)43-22(21)14-7-9-18(30)10-8-14/h2-4,7-12,15,23H,5-6,13H2,1H3,(H,37,42)(H,38,40)(H,39,41). The van der Waals surface area contributed by atoms with Gasteiger partial charge in [-0.3, -0.25) is 9.59 Å². The summed E-state index contributed by atoms with van der Waals surface area (Å²) in [6.07, 6.45) is -8.66. The lowest BCUT2D eigenvalue weighted by atomic mass is 9.99. The second kappa shape index (κ2) is 11.2. The van der Waals surface area contributed by atoms with Gasteiger partial charge in [0, 0.05) is 23.7 Å². The van der Waals surface area contributed by atoms with E-state index < -0.39 is 48.5 Å². The number of aromatic nitrogens is 1. The van der Waals surface area contributed by atoms with Gasteiger partial charge in [0.05, 0.1) is 10.9 Å². The van der Waals surface area contributed by atoms with Crippen LogP contribution in [0.15, 0.2) is 59.0 Å². The first-order valence-corrected chi connectivity index (χ1v) is 13.0. The number of carbonyl (C=O) groups is 2. The van der Waals surface area contributed by atoms with E-state index in [-0.39, 0.29) is 50.5 Å². The van der Waals surface area contributed by atoms with E-state index >= 15 is 0 Å². The molecule has 0 saturated heterocycles. The van der Waals surface area contributed by atoms with Crippen LogP contribution in [0.4, 0.5) is 36.6 Å². The highest BCUT2D eigenvalue weighted by molar-refractivity contribution is 6.11. The van der Waals surface area contributed by atoms with E-state index in [0.29, 0.717) is 12.8 Å². The van der Waals surface area contributed by atoms with Crippen LogP contribution in [0.3, 0.4) is 0 Å². The topological polar surface area (TPSA) is 96.3 Å². The summed E-state index contributed by atoms with van der Waals surface area (Å²) in [5, 5.41) is 6.76. The van der Waals surface area contributed by atoms with E-state index in [9.17, 15) is 40.3 Å². The quantitative estimate of drug-likeness (QED) is 0.194. The number of furan rings is 1. The molecule has 0 bridgehead atoms. The molecule has 1 aliphatic carbocycles. The number of pyridine rings is 1. The van der Waals surface area contributed by atoms with Crippen molar-refractivity contribution in [1.29, 1.82) is 0 Å². The molecule has 1 saturated carbocycles. The molecule has 2 aromatic carbocycles. The molecule has 0 aliphatic heterocycles. The lowest BCUT2D eigenvalue weighted by Gasteiger charge is -2.21. The molecule has 14 heteroatoms. The van der Waals surface area contributed by atoms with E-state index in [2.05, 4.69) is 15.6 Å². The molecule has 4 aromatic rings. The number of rotatable bonds is 8. The summed E-state index contributed by atoms with van der Waals surface area (Å²) < 4.78 is 99.4. The number of nitrogens with one attached hydrogen (secondary N) is 3. The number of hydrogen-bond donors (Lipinski definition) is 3. The highest BCUT2D eigenvalue weighted by Gasteiger charge is 2.49. The van der Waals surface area contributed by atoms with E-state index in [0.717, 1.165) is 12.1 Å². The molecule has 0 radical (unpaired) electrons. The second-order valence-electron chi connectivity index (χ2n) is 10.0. The molecule has 1 unspecified atom stereocenters. The Bertz CT molecular complexity index is 1680. The van der Waals surface area contributed by atoms with Crippen molar-refractivity contribution in [2.24, 2.45) is 5.92 Å². The summed E-state index contributed by atoms with van der Waals surface area (Å²) >= 11 is 0. The normalized spacial score (nSPS) is 14.4. The predicted molar refractivity (Wildman–Crippen MR) is 143 cm³/mol. The first-order valence-electron chi connectivity index (χ1n) is 13.0. The molecule has 3 N–H and O–H groups in total. The van der Waals surface area contributed by atoms with Gasteiger partial charge in [0.25, 0.3) is 11.8 Å². The Hall–Kier alpha value is -4.62. The molecule has 0 spiro atoms. The average molecular weight is 609 g/mol. The van der Waals surface area contributed by atoms with Crippen molar-refractivity contribution in [2.75, 3.05) is 18.9 Å². The molecule has 2 aromatic heterocycles. The van der Waals surface area contributed by atoms with Gasteiger partial charge in [-0.15, -0.1) is 0 Å². The number of alkyl halides is 6. The first-order chi connectivity index (χ1) is 20.2. The molecule has 1 atom stereocenters. The highest BCUT2D eigenvalue weighted by Crippen LogP contribution is 2.41. The summed E-state index contributed by atoms with van der Waals surface area (Å²) in [6.45, 7) is -1.50. The van der Waals surface area contributed by atoms with Gasteiger partial charge >= 0.3 is 12.4 Å². The molecule has 226 valence electrons. The van der Waals surface area contributed by atoms with Crippen LogP contribution in [0.1, 0.15) is 33.6 Å². The van der Waals surface area contributed by atoms with Crippen LogP contribution in [0, 0.1) is 11.7 Å². The molecule has 43 heavy (non-hydrogen) atoms. The molecule has 2 heterocycles. The second-order valence-corrected chi connectivity index (χ2v) is 10.0. The SMILES string of the molecule is CNC(=O)c1c(-c2ccc(F)cc2)oc2nc(NCC(F)(F)F)c(-c3cccc(C(=O)NC(C4CC4)C(F)(F)F)c3)cc12. The van der Waals surface area contributed by atoms with E-state index in [1.807, 2.05) is 5.32 Å². The maximum Gasteiger partial charge on any atom is 0.408 e. The number of benzene rings is 2. The number of carbonyl (C=O) groups excluding carboxylic acids is 2. The van der Waals surface area contributed by atoms with Crippen molar-refractivity contribution in [2.45, 2.75) is 31.2 Å². The van der Waals surface area contributed by atoms with Crippen LogP contribution in [-0.4, -0.2) is 48.8 Å². The van der Waals surface area contributed by atoms with Crippen molar-refractivity contribution in [3.8, 4) is 22.5 Å². The third kappa shape index (κ3) is 6.57. The van der Waals surface area contributed by atoms with Crippen LogP contribution in [0.5, 0.6) is 0 Å². The summed E-state index contributed by atoms with van der Waals surface area (Å²) in [6, 6.07) is 9.55. The van der Waals surface area contributed by atoms with Gasteiger partial charge in [0.15, 0.2) is 0 Å². The molecule has 5 rings (SSSR count). The van der Waals surface area contributed by atoms with Gasteiger partial charge < -0.3 is 20.4 Å². The van der Waals surface area contributed by atoms with Crippen LogP contribution in [0.25, 0.3) is 33.6 Å². The Kier molecular flexibility index (Phi) is 7.80. The van der Waals surface area contributed by atoms with Crippen molar-refractivity contribution in [3.63, 3.8) is 0 Å². The van der Waals surface area contributed by atoms with E-state index in [4.69, 9.17) is 4.42 Å². The fourth-order valence-electron chi connectivity index (χ4n) is 4.67. The number of fused-ring (bicyclic) bond motifs is 1. The summed E-state index contributed by atoms with van der Waals surface area (Å²) in [4.78, 5) is 30.0. The molecular formula is C29H23F7N4O3. The van der Waals surface area contributed by atoms with Crippen LogP contribution in [-0.2, 0) is 0 Å². The maximum absolute atomic E-state index is 13.6. The lowest BCUT2D eigenvalue weighted by molar-refractivity contribution is -0.158. The third-order valence-electron chi connectivity index (χ3n) is 6.87. The minimum atomic E-state index is -4.65. The van der Waals surface area contributed by atoms with Crippen LogP contribution >= 0.6 is 0 Å². The Balaban J connectivity index is 1.63. The Morgan fingerprint density at radius 2 is 1.67 bits per heavy atom. The van der Waals surface area contributed by atoms with Gasteiger partial charge in [-0.25, -0.2) is 4.39 Å². The summed E-state index contributed by atoms with van der Waals surface area (Å²) in [7, 11) is 1.35.